The summed E-state index contributed by atoms with van der Waals surface area (Å²) < 4.78 is 28.0. The number of carbonyl (C=O) groups is 2. The highest BCUT2D eigenvalue weighted by Gasteiger charge is 2.26. The topological polar surface area (TPSA) is 88.5 Å². The van der Waals surface area contributed by atoms with Gasteiger partial charge in [-0.3, -0.25) is 9.59 Å². The van der Waals surface area contributed by atoms with Crippen LogP contribution in [0, 0.1) is 5.92 Å². The predicted molar refractivity (Wildman–Crippen MR) is 129 cm³/mol. The first-order valence-electron chi connectivity index (χ1n) is 10.9. The van der Waals surface area contributed by atoms with Crippen molar-refractivity contribution in [3.8, 4) is 0 Å². The molecule has 1 aliphatic rings. The number of sulfone groups is 1. The van der Waals surface area contributed by atoms with Gasteiger partial charge in [0, 0.05) is 40.9 Å². The Morgan fingerprint density at radius 2 is 1.73 bits per heavy atom. The minimum Gasteiger partial charge on any atom is -0.341 e. The zero-order valence-corrected chi connectivity index (χ0v) is 19.9. The van der Waals surface area contributed by atoms with Crippen molar-refractivity contribution in [1.82, 2.24) is 9.47 Å². The molecule has 1 fully saturated rings. The van der Waals surface area contributed by atoms with Gasteiger partial charge in [0.25, 0.3) is 0 Å². The molecule has 0 unspecified atom stereocenters. The van der Waals surface area contributed by atoms with E-state index in [1.165, 1.54) is 6.20 Å². The van der Waals surface area contributed by atoms with E-state index in [-0.39, 0.29) is 17.3 Å². The number of piperidine rings is 1. The van der Waals surface area contributed by atoms with Crippen molar-refractivity contribution in [2.75, 3.05) is 24.2 Å². The number of fused-ring (bicyclic) bond motifs is 1. The molecule has 0 bridgehead atoms. The van der Waals surface area contributed by atoms with Gasteiger partial charge in [-0.1, -0.05) is 36.7 Å². The van der Waals surface area contributed by atoms with E-state index in [2.05, 4.69) is 12.2 Å². The Morgan fingerprint density at radius 1 is 1.06 bits per heavy atom. The van der Waals surface area contributed by atoms with Crippen LogP contribution in [0.3, 0.4) is 0 Å². The number of anilines is 1. The summed E-state index contributed by atoms with van der Waals surface area (Å²) in [7, 11) is -3.95. The Kier molecular flexibility index (Phi) is 6.76. The highest BCUT2D eigenvalue weighted by Crippen LogP contribution is 2.27. The maximum Gasteiger partial charge on any atom is 0.242 e. The van der Waals surface area contributed by atoms with Gasteiger partial charge in [0.05, 0.1) is 4.90 Å². The average molecular weight is 488 g/mol. The van der Waals surface area contributed by atoms with Gasteiger partial charge in [0.1, 0.15) is 12.3 Å². The monoisotopic (exact) mass is 487 g/mol. The number of halogens is 1. The average Bonchev–Trinajstić information content (AvgIpc) is 3.15. The summed E-state index contributed by atoms with van der Waals surface area (Å²) in [6, 6.07) is 13.5. The first-order valence-corrected chi connectivity index (χ1v) is 12.9. The minimum absolute atomic E-state index is 0.0351. The van der Waals surface area contributed by atoms with Crippen molar-refractivity contribution in [3.63, 3.8) is 0 Å². The van der Waals surface area contributed by atoms with Crippen LogP contribution in [0.4, 0.5) is 5.69 Å². The van der Waals surface area contributed by atoms with E-state index in [0.717, 1.165) is 25.9 Å². The second-order valence-electron chi connectivity index (χ2n) is 8.52. The van der Waals surface area contributed by atoms with Gasteiger partial charge in [-0.15, -0.1) is 0 Å². The number of carbonyl (C=O) groups excluding carboxylic acids is 2. The maximum atomic E-state index is 13.1. The smallest absolute Gasteiger partial charge is 0.242 e. The number of para-hydroxylation sites is 1. The third kappa shape index (κ3) is 5.39. The quantitative estimate of drug-likeness (QED) is 0.570. The molecule has 2 heterocycles. The Labute approximate surface area is 198 Å². The molecule has 7 nitrogen and oxygen atoms in total. The van der Waals surface area contributed by atoms with Gasteiger partial charge in [0.15, 0.2) is 9.84 Å². The van der Waals surface area contributed by atoms with Gasteiger partial charge in [0.2, 0.25) is 11.8 Å². The van der Waals surface area contributed by atoms with Gasteiger partial charge in [-0.25, -0.2) is 8.42 Å². The van der Waals surface area contributed by atoms with Crippen molar-refractivity contribution in [2.24, 2.45) is 5.92 Å². The molecule has 2 amide bonds. The fourth-order valence-corrected chi connectivity index (χ4v) is 5.57. The van der Waals surface area contributed by atoms with Crippen molar-refractivity contribution in [3.05, 3.63) is 59.8 Å². The number of benzene rings is 2. The SMILES string of the molecule is CC1CCN(C(=O)Cn2cc(S(=O)(=O)CC(=O)Nc3ccc(Cl)cc3)c3ccccc32)CC1. The molecule has 0 atom stereocenters. The molecule has 9 heteroatoms. The molecule has 0 spiro atoms. The third-order valence-electron chi connectivity index (χ3n) is 5.98. The molecule has 4 rings (SSSR count). The van der Waals surface area contributed by atoms with Crippen molar-refractivity contribution in [1.29, 1.82) is 0 Å². The molecule has 1 N–H and O–H groups in total. The lowest BCUT2D eigenvalue weighted by Crippen LogP contribution is -2.39. The van der Waals surface area contributed by atoms with E-state index < -0.39 is 21.5 Å². The summed E-state index contributed by atoms with van der Waals surface area (Å²) in [5.41, 5.74) is 1.11. The maximum absolute atomic E-state index is 13.1. The molecule has 0 aliphatic carbocycles. The number of nitrogens with one attached hydrogen (secondary N) is 1. The van der Waals surface area contributed by atoms with Gasteiger partial charge in [-0.2, -0.15) is 0 Å². The highest BCUT2D eigenvalue weighted by molar-refractivity contribution is 7.92. The van der Waals surface area contributed by atoms with Crippen molar-refractivity contribution >= 4 is 49.8 Å². The molecule has 33 heavy (non-hydrogen) atoms. The largest absolute Gasteiger partial charge is 0.341 e. The van der Waals surface area contributed by atoms with Gasteiger partial charge in [-0.05, 0) is 49.1 Å². The van der Waals surface area contributed by atoms with E-state index in [4.69, 9.17) is 11.6 Å². The minimum atomic E-state index is -3.95. The van der Waals surface area contributed by atoms with E-state index in [0.29, 0.717) is 27.5 Å². The second-order valence-corrected chi connectivity index (χ2v) is 10.9. The Morgan fingerprint density at radius 3 is 2.42 bits per heavy atom. The van der Waals surface area contributed by atoms with Crippen LogP contribution in [-0.2, 0) is 26.0 Å². The van der Waals surface area contributed by atoms with E-state index in [1.54, 1.807) is 53.1 Å². The van der Waals surface area contributed by atoms with Crippen LogP contribution in [0.1, 0.15) is 19.8 Å². The number of likely N-dealkylation sites (tertiary alicyclic amines) is 1. The molecule has 1 aromatic heterocycles. The standard InChI is InChI=1S/C24H26ClN3O4S/c1-17-10-12-27(13-11-17)24(30)15-28-14-22(20-4-2-3-5-21(20)28)33(31,32)16-23(29)26-19-8-6-18(25)7-9-19/h2-9,14,17H,10-13,15-16H2,1H3,(H,26,29). The van der Waals surface area contributed by atoms with Crippen molar-refractivity contribution < 1.29 is 18.0 Å². The van der Waals surface area contributed by atoms with Crippen LogP contribution >= 0.6 is 11.6 Å². The zero-order chi connectivity index (χ0) is 23.6. The number of hydrogen-bond acceptors (Lipinski definition) is 4. The Hall–Kier alpha value is -2.84. The number of amides is 2. The molecular weight excluding hydrogens is 462 g/mol. The van der Waals surface area contributed by atoms with E-state index in [1.807, 2.05) is 4.90 Å². The second kappa shape index (κ2) is 9.57. The molecule has 2 aromatic carbocycles. The molecule has 174 valence electrons. The van der Waals surface area contributed by atoms with Gasteiger partial charge < -0.3 is 14.8 Å². The summed E-state index contributed by atoms with van der Waals surface area (Å²) >= 11 is 5.85. The summed E-state index contributed by atoms with van der Waals surface area (Å²) in [4.78, 5) is 27.2. The lowest BCUT2D eigenvalue weighted by Gasteiger charge is -2.30. The normalized spacial score (nSPS) is 15.0. The number of aromatic nitrogens is 1. The first kappa shape index (κ1) is 23.3. The number of nitrogens with zero attached hydrogens (tertiary/aromatic N) is 2. The summed E-state index contributed by atoms with van der Waals surface area (Å²) in [6.45, 7) is 3.67. The summed E-state index contributed by atoms with van der Waals surface area (Å²) in [6.07, 6.45) is 3.42. The molecule has 1 saturated heterocycles. The summed E-state index contributed by atoms with van der Waals surface area (Å²) in [5.74, 6) is -0.779. The third-order valence-corrected chi connectivity index (χ3v) is 7.87. The fraction of sp³-hybridized carbons (Fsp3) is 0.333. The van der Waals surface area contributed by atoms with E-state index >= 15 is 0 Å². The molecule has 3 aromatic rings. The molecule has 1 aliphatic heterocycles. The lowest BCUT2D eigenvalue weighted by atomic mass is 9.99. The van der Waals surface area contributed by atoms with Crippen LogP contribution in [0.25, 0.3) is 10.9 Å². The van der Waals surface area contributed by atoms with Gasteiger partial charge >= 0.3 is 0 Å². The van der Waals surface area contributed by atoms with Crippen LogP contribution < -0.4 is 5.32 Å². The molecule has 0 saturated carbocycles. The van der Waals surface area contributed by atoms with Crippen LogP contribution in [-0.4, -0.2) is 48.5 Å². The molecular formula is C24H26ClN3O4S. The highest BCUT2D eigenvalue weighted by atomic mass is 35.5. The Balaban J connectivity index is 1.55. The van der Waals surface area contributed by atoms with Crippen LogP contribution in [0.15, 0.2) is 59.6 Å². The first-order chi connectivity index (χ1) is 15.7. The summed E-state index contributed by atoms with van der Waals surface area (Å²) in [5, 5.41) is 3.60. The fourth-order valence-electron chi connectivity index (χ4n) is 4.08. The number of rotatable bonds is 6. The van der Waals surface area contributed by atoms with Crippen LogP contribution in [0.2, 0.25) is 5.02 Å². The predicted octanol–water partition coefficient (Wildman–Crippen LogP) is 3.97. The zero-order valence-electron chi connectivity index (χ0n) is 18.3. The number of hydrogen-bond donors (Lipinski definition) is 1. The van der Waals surface area contributed by atoms with Crippen LogP contribution in [0.5, 0.6) is 0 Å². The lowest BCUT2D eigenvalue weighted by molar-refractivity contribution is -0.133. The Bertz CT molecular complexity index is 1280. The van der Waals surface area contributed by atoms with E-state index in [9.17, 15) is 18.0 Å². The molecule has 0 radical (unpaired) electrons. The van der Waals surface area contributed by atoms with Crippen molar-refractivity contribution in [2.45, 2.75) is 31.2 Å².